The molecule has 7 heteroatoms. The number of aryl methyl sites for hydroxylation is 1. The van der Waals surface area contributed by atoms with Crippen LogP contribution in [0.1, 0.15) is 23.9 Å². The van der Waals surface area contributed by atoms with E-state index in [2.05, 4.69) is 21.9 Å². The molecule has 0 saturated carbocycles. The van der Waals surface area contributed by atoms with Crippen LogP contribution in [0, 0.1) is 6.92 Å². The maximum atomic E-state index is 12.2. The van der Waals surface area contributed by atoms with Crippen LogP contribution in [0.3, 0.4) is 0 Å². The van der Waals surface area contributed by atoms with E-state index in [-0.39, 0.29) is 4.21 Å². The Morgan fingerprint density at radius 1 is 1.24 bits per heavy atom. The zero-order valence-electron chi connectivity index (χ0n) is 12.1. The number of rotatable bonds is 7. The molecule has 2 rings (SSSR count). The van der Waals surface area contributed by atoms with Crippen LogP contribution in [-0.4, -0.2) is 19.9 Å². The van der Waals surface area contributed by atoms with E-state index >= 15 is 0 Å². The lowest BCUT2D eigenvalue weighted by Crippen LogP contribution is -2.14. The smallest absolute Gasteiger partial charge is 0.273 e. The summed E-state index contributed by atoms with van der Waals surface area (Å²) in [6.45, 7) is 5.65. The number of aromatic nitrogens is 1. The van der Waals surface area contributed by atoms with Crippen molar-refractivity contribution >= 4 is 27.0 Å². The van der Waals surface area contributed by atoms with Gasteiger partial charge in [0.05, 0.1) is 11.2 Å². The highest BCUT2D eigenvalue weighted by molar-refractivity contribution is 7.94. The molecule has 2 aromatic rings. The monoisotopic (exact) mass is 325 g/mol. The molecule has 1 aromatic heterocycles. The van der Waals surface area contributed by atoms with Crippen molar-refractivity contribution in [1.82, 2.24) is 10.3 Å². The van der Waals surface area contributed by atoms with Gasteiger partial charge in [0.15, 0.2) is 4.21 Å². The van der Waals surface area contributed by atoms with Crippen molar-refractivity contribution in [1.29, 1.82) is 0 Å². The number of nitrogens with one attached hydrogen (secondary N) is 2. The molecular weight excluding hydrogens is 306 g/mol. The lowest BCUT2D eigenvalue weighted by Gasteiger charge is -2.07. The Morgan fingerprint density at radius 2 is 1.95 bits per heavy atom. The van der Waals surface area contributed by atoms with Gasteiger partial charge in [0.25, 0.3) is 10.0 Å². The van der Waals surface area contributed by atoms with Crippen LogP contribution in [0.2, 0.25) is 0 Å². The third kappa shape index (κ3) is 4.52. The van der Waals surface area contributed by atoms with Gasteiger partial charge in [0, 0.05) is 12.2 Å². The normalized spacial score (nSPS) is 11.5. The maximum absolute atomic E-state index is 12.2. The van der Waals surface area contributed by atoms with Crippen LogP contribution in [0.5, 0.6) is 0 Å². The Labute approximate surface area is 129 Å². The SMILES string of the molecule is CCCNCc1ccc(NS(=O)(=O)c2cnc(C)s2)cc1. The minimum absolute atomic E-state index is 0.230. The van der Waals surface area contributed by atoms with Crippen molar-refractivity contribution < 1.29 is 8.42 Å². The third-order valence-corrected chi connectivity index (χ3v) is 5.58. The second-order valence-corrected chi connectivity index (χ2v) is 7.82. The summed E-state index contributed by atoms with van der Waals surface area (Å²) in [7, 11) is -3.54. The summed E-state index contributed by atoms with van der Waals surface area (Å²) in [5.74, 6) is 0. The summed E-state index contributed by atoms with van der Waals surface area (Å²) in [6.07, 6.45) is 2.47. The predicted molar refractivity (Wildman–Crippen MR) is 86.1 cm³/mol. The van der Waals surface area contributed by atoms with Gasteiger partial charge >= 0.3 is 0 Å². The molecule has 0 radical (unpaired) electrons. The van der Waals surface area contributed by atoms with Gasteiger partial charge in [-0.1, -0.05) is 19.1 Å². The molecule has 0 fully saturated rings. The van der Waals surface area contributed by atoms with Crippen LogP contribution in [0.15, 0.2) is 34.7 Å². The summed E-state index contributed by atoms with van der Waals surface area (Å²) in [5, 5.41) is 4.03. The molecule has 1 heterocycles. The molecule has 0 amide bonds. The van der Waals surface area contributed by atoms with Crippen molar-refractivity contribution in [3.63, 3.8) is 0 Å². The molecule has 0 spiro atoms. The van der Waals surface area contributed by atoms with E-state index in [1.807, 2.05) is 12.1 Å². The summed E-state index contributed by atoms with van der Waals surface area (Å²) < 4.78 is 27.1. The first kappa shape index (κ1) is 15.9. The maximum Gasteiger partial charge on any atom is 0.273 e. The van der Waals surface area contributed by atoms with Gasteiger partial charge in [0.2, 0.25) is 0 Å². The number of nitrogens with zero attached hydrogens (tertiary/aromatic N) is 1. The van der Waals surface area contributed by atoms with Crippen LogP contribution in [-0.2, 0) is 16.6 Å². The van der Waals surface area contributed by atoms with E-state index in [4.69, 9.17) is 0 Å². The van der Waals surface area contributed by atoms with Crippen LogP contribution >= 0.6 is 11.3 Å². The average Bonchev–Trinajstić information content (AvgIpc) is 2.88. The Morgan fingerprint density at radius 3 is 2.52 bits per heavy atom. The predicted octanol–water partition coefficient (Wildman–Crippen LogP) is 2.75. The molecule has 21 heavy (non-hydrogen) atoms. The molecule has 114 valence electrons. The first-order valence-corrected chi connectivity index (χ1v) is 9.06. The van der Waals surface area contributed by atoms with Gasteiger partial charge in [0.1, 0.15) is 0 Å². The van der Waals surface area contributed by atoms with E-state index in [1.165, 1.54) is 6.20 Å². The van der Waals surface area contributed by atoms with Gasteiger partial charge in [-0.3, -0.25) is 4.72 Å². The molecule has 0 saturated heterocycles. The number of hydrogen-bond donors (Lipinski definition) is 2. The molecule has 0 unspecified atom stereocenters. The highest BCUT2D eigenvalue weighted by Crippen LogP contribution is 2.21. The minimum atomic E-state index is -3.54. The van der Waals surface area contributed by atoms with E-state index in [0.29, 0.717) is 5.69 Å². The van der Waals surface area contributed by atoms with Crippen molar-refractivity contribution in [3.8, 4) is 0 Å². The average molecular weight is 325 g/mol. The van der Waals surface area contributed by atoms with E-state index in [1.54, 1.807) is 19.1 Å². The highest BCUT2D eigenvalue weighted by atomic mass is 32.2. The van der Waals surface area contributed by atoms with Crippen molar-refractivity contribution in [2.45, 2.75) is 31.0 Å². The van der Waals surface area contributed by atoms with Crippen LogP contribution < -0.4 is 10.0 Å². The lowest BCUT2D eigenvalue weighted by molar-refractivity contribution is 0.603. The second-order valence-electron chi connectivity index (χ2n) is 4.68. The number of anilines is 1. The first-order valence-electron chi connectivity index (χ1n) is 6.76. The van der Waals surface area contributed by atoms with Crippen molar-refractivity contribution in [2.75, 3.05) is 11.3 Å². The van der Waals surface area contributed by atoms with Gasteiger partial charge < -0.3 is 5.32 Å². The second kappa shape index (κ2) is 7.02. The molecule has 5 nitrogen and oxygen atoms in total. The fourth-order valence-electron chi connectivity index (χ4n) is 1.77. The summed E-state index contributed by atoms with van der Waals surface area (Å²) >= 11 is 1.16. The van der Waals surface area contributed by atoms with Crippen molar-refractivity contribution in [2.24, 2.45) is 0 Å². The Hall–Kier alpha value is -1.44. The zero-order valence-corrected chi connectivity index (χ0v) is 13.7. The molecule has 1 aromatic carbocycles. The van der Waals surface area contributed by atoms with Gasteiger partial charge in [-0.25, -0.2) is 13.4 Å². The standard InChI is InChI=1S/C14H19N3O2S2/c1-3-8-15-9-12-4-6-13(7-5-12)17-21(18,19)14-10-16-11(2)20-14/h4-7,10,15,17H,3,8-9H2,1-2H3. The van der Waals surface area contributed by atoms with E-state index in [0.717, 1.165) is 41.4 Å². The quantitative estimate of drug-likeness (QED) is 0.768. The molecule has 0 aliphatic rings. The fourth-order valence-corrected chi connectivity index (χ4v) is 3.94. The molecule has 0 aliphatic heterocycles. The third-order valence-electron chi connectivity index (χ3n) is 2.83. The van der Waals surface area contributed by atoms with Gasteiger partial charge in [-0.05, 0) is 37.6 Å². The minimum Gasteiger partial charge on any atom is -0.313 e. The number of sulfonamides is 1. The fraction of sp³-hybridized carbons (Fsp3) is 0.357. The molecular formula is C14H19N3O2S2. The van der Waals surface area contributed by atoms with Gasteiger partial charge in [-0.2, -0.15) is 0 Å². The summed E-state index contributed by atoms with van der Waals surface area (Å²) in [5.41, 5.74) is 1.68. The molecule has 2 N–H and O–H groups in total. The Bertz CT molecular complexity index is 678. The van der Waals surface area contributed by atoms with Crippen LogP contribution in [0.25, 0.3) is 0 Å². The molecule has 0 aliphatic carbocycles. The topological polar surface area (TPSA) is 71.1 Å². The zero-order chi connectivity index (χ0) is 15.3. The van der Waals surface area contributed by atoms with E-state index < -0.39 is 10.0 Å². The number of thiazole rings is 1. The highest BCUT2D eigenvalue weighted by Gasteiger charge is 2.16. The molecule has 0 bridgehead atoms. The van der Waals surface area contributed by atoms with E-state index in [9.17, 15) is 8.42 Å². The summed E-state index contributed by atoms with van der Waals surface area (Å²) in [6, 6.07) is 7.37. The Balaban J connectivity index is 2.03. The van der Waals surface area contributed by atoms with Gasteiger partial charge in [-0.15, -0.1) is 11.3 Å². The first-order chi connectivity index (χ1) is 10.0. The number of benzene rings is 1. The van der Waals surface area contributed by atoms with Crippen LogP contribution in [0.4, 0.5) is 5.69 Å². The largest absolute Gasteiger partial charge is 0.313 e. The summed E-state index contributed by atoms with van der Waals surface area (Å²) in [4.78, 5) is 3.97. The van der Waals surface area contributed by atoms with Crippen molar-refractivity contribution in [3.05, 3.63) is 41.0 Å². The Kier molecular flexibility index (Phi) is 5.33. The lowest BCUT2D eigenvalue weighted by atomic mass is 10.2. The number of hydrogen-bond acceptors (Lipinski definition) is 5. The molecule has 0 atom stereocenters.